The van der Waals surface area contributed by atoms with E-state index in [1.165, 1.54) is 18.5 Å². The van der Waals surface area contributed by atoms with Gasteiger partial charge < -0.3 is 4.90 Å². The normalized spacial score (nSPS) is 17.0. The molecule has 0 N–H and O–H groups in total. The lowest BCUT2D eigenvalue weighted by Gasteiger charge is -2.18. The first kappa shape index (κ1) is 21.4. The Morgan fingerprint density at radius 2 is 2.07 bits per heavy atom. The van der Waals surface area contributed by atoms with Crippen LogP contribution in [0, 0.1) is 23.2 Å². The highest BCUT2D eigenvalue weighted by Crippen LogP contribution is 2.32. The summed E-state index contributed by atoms with van der Waals surface area (Å²) in [5.41, 5.74) is 1.34. The predicted octanol–water partition coefficient (Wildman–Crippen LogP) is 3.86. The summed E-state index contributed by atoms with van der Waals surface area (Å²) in [4.78, 5) is 29.8. The van der Waals surface area contributed by atoms with Gasteiger partial charge in [0.2, 0.25) is 5.91 Å². The summed E-state index contributed by atoms with van der Waals surface area (Å²) in [5.74, 6) is 1.69. The van der Waals surface area contributed by atoms with Gasteiger partial charge in [-0.2, -0.15) is 5.26 Å². The first-order chi connectivity index (χ1) is 14.3. The van der Waals surface area contributed by atoms with Crippen molar-refractivity contribution in [2.45, 2.75) is 31.2 Å². The average molecular weight is 428 g/mol. The lowest BCUT2D eigenvalue weighted by atomic mass is 10.0. The molecular weight excluding hydrogens is 412 g/mol. The first-order valence-electron chi connectivity index (χ1n) is 9.11. The van der Waals surface area contributed by atoms with E-state index in [-0.39, 0.29) is 24.2 Å². The smallest absolute Gasteiger partial charge is 0.268 e. The molecule has 0 saturated carbocycles. The Morgan fingerprint density at radius 1 is 1.27 bits per heavy atom. The molecule has 0 radical (unpaired) electrons. The molecule has 1 aliphatic heterocycles. The minimum absolute atomic E-state index is 0.186. The van der Waals surface area contributed by atoms with Crippen LogP contribution in [0.25, 0.3) is 0 Å². The van der Waals surface area contributed by atoms with Crippen LogP contribution in [0.1, 0.15) is 40.7 Å². The maximum Gasteiger partial charge on any atom is 0.268 e. The number of nitriles is 1. The first-order valence-corrected chi connectivity index (χ1v) is 9.48. The van der Waals surface area contributed by atoms with E-state index < -0.39 is 30.8 Å². The second-order valence-corrected chi connectivity index (χ2v) is 7.27. The van der Waals surface area contributed by atoms with E-state index in [0.717, 1.165) is 4.90 Å². The van der Waals surface area contributed by atoms with Gasteiger partial charge in [-0.1, -0.05) is 29.5 Å². The Morgan fingerprint density at radius 3 is 2.80 bits per heavy atom. The van der Waals surface area contributed by atoms with Crippen LogP contribution in [-0.2, 0) is 4.79 Å². The number of pyridine rings is 1. The monoisotopic (exact) mass is 427 g/mol. The third kappa shape index (κ3) is 5.20. The topological polar surface area (TPSA) is 74.1 Å². The molecule has 0 unspecified atom stereocenters. The van der Waals surface area contributed by atoms with Gasteiger partial charge in [0.05, 0.1) is 18.2 Å². The van der Waals surface area contributed by atoms with Crippen molar-refractivity contribution in [1.29, 1.82) is 5.26 Å². The molecular formula is C22H16ClF2N3O2. The molecule has 8 heteroatoms. The second kappa shape index (κ2) is 9.02. The fraction of sp³-hybridized carbons (Fsp3) is 0.273. The molecule has 1 fully saturated rings. The van der Waals surface area contributed by atoms with E-state index in [2.05, 4.69) is 16.8 Å². The Bertz CT molecular complexity index is 1090. The van der Waals surface area contributed by atoms with E-state index in [1.54, 1.807) is 30.3 Å². The number of likely N-dealkylation sites (tertiary alicyclic amines) is 1. The van der Waals surface area contributed by atoms with Crippen molar-refractivity contribution in [3.63, 3.8) is 0 Å². The molecule has 0 aliphatic carbocycles. The zero-order valence-electron chi connectivity index (χ0n) is 15.7. The molecule has 3 rings (SSSR count). The number of rotatable bonds is 4. The van der Waals surface area contributed by atoms with Crippen LogP contribution in [0.2, 0.25) is 5.02 Å². The number of nitrogens with zero attached hydrogens (tertiary/aromatic N) is 3. The lowest BCUT2D eigenvalue weighted by molar-refractivity contribution is -0.132. The molecule has 1 aromatic heterocycles. The maximum atomic E-state index is 13.5. The van der Waals surface area contributed by atoms with Crippen LogP contribution in [0.5, 0.6) is 0 Å². The molecule has 1 aliphatic rings. The fourth-order valence-electron chi connectivity index (χ4n) is 3.14. The van der Waals surface area contributed by atoms with Crippen molar-refractivity contribution in [2.24, 2.45) is 0 Å². The molecule has 1 aromatic carbocycles. The highest BCUT2D eigenvalue weighted by Gasteiger charge is 2.47. The number of alkyl halides is 2. The van der Waals surface area contributed by atoms with Crippen LogP contribution in [0.3, 0.4) is 0 Å². The zero-order chi connectivity index (χ0) is 21.7. The van der Waals surface area contributed by atoms with Gasteiger partial charge in [0, 0.05) is 47.8 Å². The third-order valence-corrected chi connectivity index (χ3v) is 4.83. The fourth-order valence-corrected chi connectivity index (χ4v) is 3.33. The number of carbonyl (C=O) groups is 2. The van der Waals surface area contributed by atoms with E-state index in [4.69, 9.17) is 16.9 Å². The molecule has 1 saturated heterocycles. The number of Topliss-reactive ketones (excluding diaryl/α,β-unsaturated/α-hetero) is 1. The molecule has 5 nitrogen and oxygen atoms in total. The molecule has 0 bridgehead atoms. The van der Waals surface area contributed by atoms with Crippen LogP contribution in [0.15, 0.2) is 42.7 Å². The summed E-state index contributed by atoms with van der Waals surface area (Å²) in [5, 5.41) is 9.54. The standard InChI is InChI=1S/C22H16ClF2N3O2/c23-17-3-1-2-15(10-17)4-5-16-13-27-9-8-19(16)20(29)6-7-21(30)28-14-22(24,25)11-18(28)12-26/h1-3,8-10,13,18H,6-7,11,14H2/t18-/m0/s1. The third-order valence-electron chi connectivity index (χ3n) is 4.59. The van der Waals surface area contributed by atoms with Crippen LogP contribution < -0.4 is 0 Å². The number of benzene rings is 1. The van der Waals surface area contributed by atoms with E-state index >= 15 is 0 Å². The van der Waals surface area contributed by atoms with Gasteiger partial charge >= 0.3 is 0 Å². The number of hydrogen-bond acceptors (Lipinski definition) is 4. The summed E-state index contributed by atoms with van der Waals surface area (Å²) in [7, 11) is 0. The minimum Gasteiger partial charge on any atom is -0.320 e. The largest absolute Gasteiger partial charge is 0.320 e. The summed E-state index contributed by atoms with van der Waals surface area (Å²) in [6.07, 6.45) is 1.74. The zero-order valence-corrected chi connectivity index (χ0v) is 16.5. The van der Waals surface area contributed by atoms with Crippen LogP contribution in [-0.4, -0.2) is 40.1 Å². The van der Waals surface area contributed by atoms with Gasteiger partial charge in [-0.3, -0.25) is 14.6 Å². The summed E-state index contributed by atoms with van der Waals surface area (Å²) >= 11 is 5.93. The average Bonchev–Trinajstić information content (AvgIpc) is 3.05. The van der Waals surface area contributed by atoms with E-state index in [0.29, 0.717) is 16.1 Å². The van der Waals surface area contributed by atoms with E-state index in [9.17, 15) is 18.4 Å². The molecule has 30 heavy (non-hydrogen) atoms. The summed E-state index contributed by atoms with van der Waals surface area (Å²) in [6.45, 7) is -0.802. The quantitative estimate of drug-likeness (QED) is 0.548. The number of halogens is 3. The van der Waals surface area contributed by atoms with Crippen molar-refractivity contribution in [3.05, 3.63) is 64.4 Å². The molecule has 1 atom stereocenters. The van der Waals surface area contributed by atoms with Crippen molar-refractivity contribution >= 4 is 23.3 Å². The van der Waals surface area contributed by atoms with Gasteiger partial charge in [0.25, 0.3) is 5.92 Å². The molecule has 1 amide bonds. The van der Waals surface area contributed by atoms with Gasteiger partial charge in [-0.05, 0) is 24.3 Å². The summed E-state index contributed by atoms with van der Waals surface area (Å²) in [6, 6.07) is 8.96. The Labute approximate surface area is 177 Å². The van der Waals surface area contributed by atoms with Crippen LogP contribution >= 0.6 is 11.6 Å². The molecule has 2 aromatic rings. The predicted molar refractivity (Wildman–Crippen MR) is 106 cm³/mol. The number of hydrogen-bond donors (Lipinski definition) is 0. The van der Waals surface area contributed by atoms with Gasteiger partial charge in [0.15, 0.2) is 5.78 Å². The number of ketones is 1. The Kier molecular flexibility index (Phi) is 6.44. The number of amides is 1. The second-order valence-electron chi connectivity index (χ2n) is 6.83. The van der Waals surface area contributed by atoms with Crippen molar-refractivity contribution in [3.8, 4) is 17.9 Å². The summed E-state index contributed by atoms with van der Waals surface area (Å²) < 4.78 is 27.0. The van der Waals surface area contributed by atoms with Gasteiger partial charge in [0.1, 0.15) is 6.04 Å². The van der Waals surface area contributed by atoms with Crippen molar-refractivity contribution in [2.75, 3.05) is 6.54 Å². The highest BCUT2D eigenvalue weighted by atomic mass is 35.5. The lowest BCUT2D eigenvalue weighted by Crippen LogP contribution is -2.36. The molecule has 2 heterocycles. The van der Waals surface area contributed by atoms with Crippen molar-refractivity contribution < 1.29 is 18.4 Å². The van der Waals surface area contributed by atoms with Crippen molar-refractivity contribution in [1.82, 2.24) is 9.88 Å². The Balaban J connectivity index is 1.70. The number of aromatic nitrogens is 1. The number of carbonyl (C=O) groups excluding carboxylic acids is 2. The van der Waals surface area contributed by atoms with Crippen LogP contribution in [0.4, 0.5) is 8.78 Å². The molecule has 152 valence electrons. The molecule has 0 spiro atoms. The Hall–Kier alpha value is -3.29. The minimum atomic E-state index is -3.09. The van der Waals surface area contributed by atoms with Gasteiger partial charge in [-0.25, -0.2) is 8.78 Å². The SMILES string of the molecule is N#C[C@@H]1CC(F)(F)CN1C(=O)CCC(=O)c1ccncc1C#Cc1cccc(Cl)c1. The maximum absolute atomic E-state index is 13.5. The highest BCUT2D eigenvalue weighted by molar-refractivity contribution is 6.30. The van der Waals surface area contributed by atoms with E-state index in [1.807, 2.05) is 0 Å². The van der Waals surface area contributed by atoms with Gasteiger partial charge in [-0.15, -0.1) is 0 Å².